The summed E-state index contributed by atoms with van der Waals surface area (Å²) in [4.78, 5) is 29.4. The highest BCUT2D eigenvalue weighted by atomic mass is 32.2. The molecule has 44 heavy (non-hydrogen) atoms. The van der Waals surface area contributed by atoms with Crippen molar-refractivity contribution in [2.75, 3.05) is 25.0 Å². The fraction of sp³-hybridized carbons (Fsp3) is 0.257. The number of hydrogen-bond donors (Lipinski definition) is 1. The monoisotopic (exact) mass is 613 g/mol. The van der Waals surface area contributed by atoms with Crippen LogP contribution in [0.3, 0.4) is 0 Å². The molecule has 9 heteroatoms. The number of hydrogen-bond acceptors (Lipinski definition) is 5. The maximum atomic E-state index is 14.5. The van der Waals surface area contributed by atoms with E-state index in [0.717, 1.165) is 26.6 Å². The number of likely N-dealkylation sites (N-methyl/N-ethyl adjacent to an activating group) is 1. The second kappa shape index (κ2) is 14.2. The van der Waals surface area contributed by atoms with Crippen LogP contribution in [0.15, 0.2) is 102 Å². The Morgan fingerprint density at radius 2 is 1.48 bits per heavy atom. The summed E-state index contributed by atoms with van der Waals surface area (Å²) in [6.45, 7) is 5.12. The molecule has 0 aliphatic rings. The van der Waals surface area contributed by atoms with Gasteiger partial charge in [-0.3, -0.25) is 13.9 Å². The van der Waals surface area contributed by atoms with E-state index < -0.39 is 28.5 Å². The third-order valence-electron chi connectivity index (χ3n) is 7.53. The van der Waals surface area contributed by atoms with Crippen molar-refractivity contribution in [3.63, 3.8) is 0 Å². The number of nitrogens with zero attached hydrogens (tertiary/aromatic N) is 2. The van der Waals surface area contributed by atoms with Gasteiger partial charge in [0, 0.05) is 20.0 Å². The van der Waals surface area contributed by atoms with Crippen molar-refractivity contribution >= 4 is 27.5 Å². The van der Waals surface area contributed by atoms with E-state index in [1.54, 1.807) is 49.6 Å². The van der Waals surface area contributed by atoms with Crippen LogP contribution in [-0.2, 0) is 32.6 Å². The number of nitrogens with one attached hydrogen (secondary N) is 1. The highest BCUT2D eigenvalue weighted by Gasteiger charge is 2.35. The van der Waals surface area contributed by atoms with Crippen LogP contribution >= 0.6 is 0 Å². The fourth-order valence-electron chi connectivity index (χ4n) is 5.03. The molecule has 0 saturated heterocycles. The van der Waals surface area contributed by atoms with Gasteiger partial charge in [-0.2, -0.15) is 0 Å². The molecule has 4 aromatic rings. The van der Waals surface area contributed by atoms with E-state index in [1.165, 1.54) is 11.9 Å². The summed E-state index contributed by atoms with van der Waals surface area (Å²) in [6, 6.07) is 27.8. The molecule has 8 nitrogen and oxygen atoms in total. The number of sulfonamides is 1. The van der Waals surface area contributed by atoms with Crippen LogP contribution in [0.1, 0.15) is 27.8 Å². The highest BCUT2D eigenvalue weighted by molar-refractivity contribution is 7.92. The van der Waals surface area contributed by atoms with Crippen LogP contribution in [0.25, 0.3) is 0 Å². The molecule has 0 spiro atoms. The Hall–Kier alpha value is -4.63. The zero-order chi connectivity index (χ0) is 31.9. The van der Waals surface area contributed by atoms with Crippen LogP contribution in [0.5, 0.6) is 5.75 Å². The zero-order valence-corrected chi connectivity index (χ0v) is 26.6. The number of benzene rings is 4. The van der Waals surface area contributed by atoms with Gasteiger partial charge < -0.3 is 15.0 Å². The molecule has 1 atom stereocenters. The van der Waals surface area contributed by atoms with Gasteiger partial charge in [-0.15, -0.1) is 0 Å². The van der Waals surface area contributed by atoms with E-state index in [0.29, 0.717) is 17.0 Å². The SMILES string of the molecule is CNC(=O)[C@H](Cc1ccccc1)N(Cc1cccc(OC)c1)C(=O)CN(c1cc(C)ccc1C)S(=O)(=O)c1ccc(C)cc1. The topological polar surface area (TPSA) is 96.0 Å². The maximum absolute atomic E-state index is 14.5. The van der Waals surface area contributed by atoms with E-state index in [-0.39, 0.29) is 23.8 Å². The van der Waals surface area contributed by atoms with Crippen LogP contribution in [0.4, 0.5) is 5.69 Å². The number of carbonyl (C=O) groups is 2. The van der Waals surface area contributed by atoms with Crippen molar-refractivity contribution in [3.05, 3.63) is 125 Å². The Kier molecular flexibility index (Phi) is 10.4. The lowest BCUT2D eigenvalue weighted by Gasteiger charge is -2.34. The van der Waals surface area contributed by atoms with E-state index in [9.17, 15) is 18.0 Å². The first-order chi connectivity index (χ1) is 21.0. The summed E-state index contributed by atoms with van der Waals surface area (Å²) in [6.07, 6.45) is 0.240. The predicted octanol–water partition coefficient (Wildman–Crippen LogP) is 5.20. The molecule has 4 aromatic carbocycles. The van der Waals surface area contributed by atoms with Crippen molar-refractivity contribution in [2.45, 2.75) is 44.7 Å². The number of anilines is 1. The summed E-state index contributed by atoms with van der Waals surface area (Å²) in [5.74, 6) is -0.271. The van der Waals surface area contributed by atoms with E-state index >= 15 is 0 Å². The molecule has 0 heterocycles. The summed E-state index contributed by atoms with van der Waals surface area (Å²) in [5.41, 5.74) is 4.47. The van der Waals surface area contributed by atoms with Crippen LogP contribution in [-0.4, -0.2) is 51.9 Å². The van der Waals surface area contributed by atoms with Crippen molar-refractivity contribution in [1.82, 2.24) is 10.2 Å². The second-order valence-electron chi connectivity index (χ2n) is 10.8. The first-order valence-electron chi connectivity index (χ1n) is 14.4. The Balaban J connectivity index is 1.82. The number of amides is 2. The number of aryl methyl sites for hydroxylation is 3. The molecule has 0 bridgehead atoms. The van der Waals surface area contributed by atoms with Gasteiger partial charge >= 0.3 is 0 Å². The van der Waals surface area contributed by atoms with Gasteiger partial charge in [0.05, 0.1) is 17.7 Å². The van der Waals surface area contributed by atoms with Crippen LogP contribution < -0.4 is 14.4 Å². The van der Waals surface area contributed by atoms with Gasteiger partial charge in [0.25, 0.3) is 10.0 Å². The van der Waals surface area contributed by atoms with Crippen molar-refractivity contribution in [2.24, 2.45) is 0 Å². The molecular weight excluding hydrogens is 574 g/mol. The van der Waals surface area contributed by atoms with Crippen LogP contribution in [0, 0.1) is 20.8 Å². The van der Waals surface area contributed by atoms with Crippen molar-refractivity contribution < 1.29 is 22.7 Å². The first-order valence-corrected chi connectivity index (χ1v) is 15.8. The fourth-order valence-corrected chi connectivity index (χ4v) is 6.50. The molecule has 0 unspecified atom stereocenters. The van der Waals surface area contributed by atoms with Crippen molar-refractivity contribution in [1.29, 1.82) is 0 Å². The zero-order valence-electron chi connectivity index (χ0n) is 25.8. The van der Waals surface area contributed by atoms with Gasteiger partial charge in [-0.05, 0) is 73.4 Å². The third kappa shape index (κ3) is 7.65. The molecule has 0 aromatic heterocycles. The second-order valence-corrected chi connectivity index (χ2v) is 12.7. The molecular formula is C35H39N3O5S. The van der Waals surface area contributed by atoms with Gasteiger partial charge in [0.2, 0.25) is 11.8 Å². The normalized spacial score (nSPS) is 11.8. The minimum Gasteiger partial charge on any atom is -0.497 e. The molecule has 0 fully saturated rings. The third-order valence-corrected chi connectivity index (χ3v) is 9.30. The molecule has 0 saturated carbocycles. The minimum absolute atomic E-state index is 0.0617. The number of methoxy groups -OCH3 is 1. The smallest absolute Gasteiger partial charge is 0.264 e. The summed E-state index contributed by atoms with van der Waals surface area (Å²) >= 11 is 0. The van der Waals surface area contributed by atoms with E-state index in [2.05, 4.69) is 5.32 Å². The molecule has 4 rings (SSSR count). The summed E-state index contributed by atoms with van der Waals surface area (Å²) in [5, 5.41) is 2.70. The number of rotatable bonds is 12. The Morgan fingerprint density at radius 3 is 2.14 bits per heavy atom. The Bertz CT molecular complexity index is 1710. The van der Waals surface area contributed by atoms with E-state index in [4.69, 9.17) is 4.74 Å². The molecule has 0 radical (unpaired) electrons. The standard InChI is InChI=1S/C35H39N3O5S/c1-25-15-18-31(19-16-25)44(41,42)38(32-20-26(2)14-17-27(32)3)24-34(39)37(23-29-12-9-13-30(21-29)43-5)33(35(40)36-4)22-28-10-7-6-8-11-28/h6-21,33H,22-24H2,1-5H3,(H,36,40)/t33-/m0/s1. The molecule has 2 amide bonds. The number of ether oxygens (including phenoxy) is 1. The Labute approximate surface area is 260 Å². The molecule has 230 valence electrons. The summed E-state index contributed by atoms with van der Waals surface area (Å²) < 4.78 is 35.0. The highest BCUT2D eigenvalue weighted by Crippen LogP contribution is 2.29. The van der Waals surface area contributed by atoms with Gasteiger partial charge in [-0.25, -0.2) is 8.42 Å². The lowest BCUT2D eigenvalue weighted by molar-refractivity contribution is -0.139. The molecule has 1 N–H and O–H groups in total. The largest absolute Gasteiger partial charge is 0.497 e. The lowest BCUT2D eigenvalue weighted by atomic mass is 10.0. The van der Waals surface area contributed by atoms with Gasteiger partial charge in [-0.1, -0.05) is 72.3 Å². The average Bonchev–Trinajstić information content (AvgIpc) is 3.03. The average molecular weight is 614 g/mol. The minimum atomic E-state index is -4.17. The Morgan fingerprint density at radius 1 is 0.818 bits per heavy atom. The first kappa shape index (κ1) is 32.3. The lowest BCUT2D eigenvalue weighted by Crippen LogP contribution is -2.53. The van der Waals surface area contributed by atoms with Gasteiger partial charge in [0.15, 0.2) is 0 Å². The predicted molar refractivity (Wildman–Crippen MR) is 173 cm³/mol. The number of carbonyl (C=O) groups excluding carboxylic acids is 2. The summed E-state index contributed by atoms with van der Waals surface area (Å²) in [7, 11) is -1.08. The quantitative estimate of drug-likeness (QED) is 0.237. The van der Waals surface area contributed by atoms with Crippen LogP contribution in [0.2, 0.25) is 0 Å². The van der Waals surface area contributed by atoms with E-state index in [1.807, 2.05) is 75.4 Å². The van der Waals surface area contributed by atoms with Crippen molar-refractivity contribution in [3.8, 4) is 5.75 Å². The van der Waals surface area contributed by atoms with Gasteiger partial charge in [0.1, 0.15) is 18.3 Å². The molecule has 0 aliphatic carbocycles. The maximum Gasteiger partial charge on any atom is 0.264 e. The molecule has 0 aliphatic heterocycles.